The summed E-state index contributed by atoms with van der Waals surface area (Å²) < 4.78 is 0. The Bertz CT molecular complexity index is 602. The molecule has 1 N–H and O–H groups in total. The van der Waals surface area contributed by atoms with E-state index in [2.05, 4.69) is 60.8 Å². The SMILES string of the molecule is CC.CC.Cc1ccc(-c2ccc(CCC3C4CNCC34)cc2)cc1. The molecule has 4 rings (SSSR count). The zero-order valence-corrected chi connectivity index (χ0v) is 16.7. The fourth-order valence-electron chi connectivity index (χ4n) is 3.92. The topological polar surface area (TPSA) is 12.0 Å². The molecule has 2 unspecified atom stereocenters. The molecule has 1 heterocycles. The van der Waals surface area contributed by atoms with Gasteiger partial charge in [0.25, 0.3) is 0 Å². The molecule has 1 nitrogen and oxygen atoms in total. The molecule has 0 spiro atoms. The molecule has 1 heteroatoms. The van der Waals surface area contributed by atoms with Crippen molar-refractivity contribution in [3.8, 4) is 11.1 Å². The lowest BCUT2D eigenvalue weighted by molar-refractivity contribution is 0.560. The van der Waals surface area contributed by atoms with Crippen molar-refractivity contribution in [2.75, 3.05) is 13.1 Å². The molecule has 1 saturated heterocycles. The summed E-state index contributed by atoms with van der Waals surface area (Å²) in [6.07, 6.45) is 2.62. The third-order valence-electron chi connectivity index (χ3n) is 5.37. The molecule has 0 radical (unpaired) electrons. The van der Waals surface area contributed by atoms with Gasteiger partial charge >= 0.3 is 0 Å². The first-order valence-corrected chi connectivity index (χ1v) is 10.2. The van der Waals surface area contributed by atoms with Crippen LogP contribution in [-0.2, 0) is 6.42 Å². The van der Waals surface area contributed by atoms with Gasteiger partial charge in [-0.05, 0) is 67.3 Å². The standard InChI is InChI=1S/C20H23N.2C2H6/c1-14-2-7-16(8-3-14)17-9-4-15(5-10-17)6-11-18-19-12-21-13-20(18)19;2*1-2/h2-5,7-10,18-21H,6,11-13H2,1H3;2*1-2H3. The van der Waals surface area contributed by atoms with Crippen LogP contribution < -0.4 is 5.32 Å². The Kier molecular flexibility index (Phi) is 7.71. The van der Waals surface area contributed by atoms with Gasteiger partial charge < -0.3 is 5.32 Å². The third-order valence-corrected chi connectivity index (χ3v) is 5.37. The van der Waals surface area contributed by atoms with Crippen LogP contribution in [0.4, 0.5) is 0 Å². The molecule has 2 aliphatic rings. The van der Waals surface area contributed by atoms with Gasteiger partial charge in [-0.1, -0.05) is 81.8 Å². The Morgan fingerprint density at radius 3 is 1.76 bits per heavy atom. The van der Waals surface area contributed by atoms with Gasteiger partial charge in [-0.3, -0.25) is 0 Å². The lowest BCUT2D eigenvalue weighted by Crippen LogP contribution is -2.14. The monoisotopic (exact) mass is 337 g/mol. The molecule has 0 bridgehead atoms. The van der Waals surface area contributed by atoms with Gasteiger partial charge in [0.1, 0.15) is 0 Å². The minimum atomic E-state index is 0.997. The zero-order chi connectivity index (χ0) is 18.2. The molecule has 2 fully saturated rings. The summed E-state index contributed by atoms with van der Waals surface area (Å²) in [6.45, 7) is 12.7. The lowest BCUT2D eigenvalue weighted by atomic mass is 10.00. The first-order chi connectivity index (χ1) is 12.3. The second kappa shape index (κ2) is 9.77. The highest BCUT2D eigenvalue weighted by Crippen LogP contribution is 2.51. The Labute approximate surface area is 154 Å². The first kappa shape index (κ1) is 19.7. The Hall–Kier alpha value is -1.60. The van der Waals surface area contributed by atoms with Crippen molar-refractivity contribution in [3.05, 3.63) is 59.7 Å². The second-order valence-electron chi connectivity index (χ2n) is 6.75. The number of aryl methyl sites for hydroxylation is 2. The lowest BCUT2D eigenvalue weighted by Gasteiger charge is -2.07. The van der Waals surface area contributed by atoms with E-state index < -0.39 is 0 Å². The van der Waals surface area contributed by atoms with E-state index in [4.69, 9.17) is 0 Å². The van der Waals surface area contributed by atoms with Crippen molar-refractivity contribution in [1.29, 1.82) is 0 Å². The average molecular weight is 338 g/mol. The van der Waals surface area contributed by atoms with Crippen LogP contribution in [0.2, 0.25) is 0 Å². The van der Waals surface area contributed by atoms with Gasteiger partial charge in [0, 0.05) is 0 Å². The number of benzene rings is 2. The summed E-state index contributed by atoms with van der Waals surface area (Å²) in [4.78, 5) is 0. The van der Waals surface area contributed by atoms with Crippen LogP contribution in [0.15, 0.2) is 48.5 Å². The van der Waals surface area contributed by atoms with Crippen LogP contribution in [-0.4, -0.2) is 13.1 Å². The van der Waals surface area contributed by atoms with Gasteiger partial charge in [-0.2, -0.15) is 0 Å². The molecule has 1 aliphatic heterocycles. The number of rotatable bonds is 4. The maximum absolute atomic E-state index is 3.48. The minimum Gasteiger partial charge on any atom is -0.316 e. The predicted octanol–water partition coefficient (Wildman–Crippen LogP) is 6.11. The van der Waals surface area contributed by atoms with E-state index in [-0.39, 0.29) is 0 Å². The molecular weight excluding hydrogens is 302 g/mol. The Balaban J connectivity index is 0.000000528. The van der Waals surface area contributed by atoms with E-state index in [1.54, 1.807) is 0 Å². The van der Waals surface area contributed by atoms with Gasteiger partial charge in [0.2, 0.25) is 0 Å². The van der Waals surface area contributed by atoms with Gasteiger partial charge in [-0.25, -0.2) is 0 Å². The molecule has 2 aromatic carbocycles. The fourth-order valence-corrected chi connectivity index (χ4v) is 3.92. The smallest absolute Gasteiger partial charge is 0.00144 e. The number of hydrogen-bond donors (Lipinski definition) is 1. The quantitative estimate of drug-likeness (QED) is 0.709. The van der Waals surface area contributed by atoms with Crippen molar-refractivity contribution in [2.45, 2.75) is 47.5 Å². The summed E-state index contributed by atoms with van der Waals surface area (Å²) in [7, 11) is 0. The van der Waals surface area contributed by atoms with E-state index in [9.17, 15) is 0 Å². The maximum atomic E-state index is 3.48. The van der Waals surface area contributed by atoms with Crippen molar-refractivity contribution in [1.82, 2.24) is 5.32 Å². The summed E-state index contributed by atoms with van der Waals surface area (Å²) in [6, 6.07) is 18.0. The van der Waals surface area contributed by atoms with Crippen LogP contribution in [0.25, 0.3) is 11.1 Å². The first-order valence-electron chi connectivity index (χ1n) is 10.2. The van der Waals surface area contributed by atoms with E-state index in [0.29, 0.717) is 0 Å². The molecule has 2 aromatic rings. The Morgan fingerprint density at radius 1 is 0.760 bits per heavy atom. The summed E-state index contributed by atoms with van der Waals surface area (Å²) in [5, 5.41) is 3.48. The van der Waals surface area contributed by atoms with Crippen LogP contribution in [0, 0.1) is 24.7 Å². The molecule has 25 heavy (non-hydrogen) atoms. The largest absolute Gasteiger partial charge is 0.316 e. The van der Waals surface area contributed by atoms with Crippen molar-refractivity contribution < 1.29 is 0 Å². The highest BCUT2D eigenvalue weighted by atomic mass is 15.0. The molecule has 2 atom stereocenters. The van der Waals surface area contributed by atoms with Crippen molar-refractivity contribution >= 4 is 0 Å². The summed E-state index contributed by atoms with van der Waals surface area (Å²) >= 11 is 0. The minimum absolute atomic E-state index is 0.997. The highest BCUT2D eigenvalue weighted by Gasteiger charge is 2.51. The van der Waals surface area contributed by atoms with E-state index in [1.807, 2.05) is 27.7 Å². The fraction of sp³-hybridized carbons (Fsp3) is 0.500. The maximum Gasteiger partial charge on any atom is -0.00144 e. The predicted molar refractivity (Wildman–Crippen MR) is 111 cm³/mol. The van der Waals surface area contributed by atoms with Crippen LogP contribution in [0.5, 0.6) is 0 Å². The molecule has 0 amide bonds. The van der Waals surface area contributed by atoms with Gasteiger partial charge in [-0.15, -0.1) is 0 Å². The van der Waals surface area contributed by atoms with Crippen LogP contribution in [0.1, 0.15) is 45.2 Å². The van der Waals surface area contributed by atoms with E-state index >= 15 is 0 Å². The number of fused-ring (bicyclic) bond motifs is 1. The second-order valence-corrected chi connectivity index (χ2v) is 6.75. The van der Waals surface area contributed by atoms with Crippen molar-refractivity contribution in [2.24, 2.45) is 17.8 Å². The molecular formula is C24H35N. The normalized spacial score (nSPS) is 22.8. The van der Waals surface area contributed by atoms with E-state index in [1.165, 1.54) is 48.2 Å². The Morgan fingerprint density at radius 2 is 1.24 bits per heavy atom. The zero-order valence-electron chi connectivity index (χ0n) is 16.7. The number of piperidine rings is 1. The highest BCUT2D eigenvalue weighted by molar-refractivity contribution is 5.63. The number of hydrogen-bond acceptors (Lipinski definition) is 1. The molecule has 1 aliphatic carbocycles. The van der Waals surface area contributed by atoms with Gasteiger partial charge in [0.05, 0.1) is 0 Å². The van der Waals surface area contributed by atoms with E-state index in [0.717, 1.165) is 17.8 Å². The summed E-state index contributed by atoms with van der Waals surface area (Å²) in [5.74, 6) is 3.00. The molecule has 1 saturated carbocycles. The van der Waals surface area contributed by atoms with Crippen LogP contribution in [0.3, 0.4) is 0 Å². The molecule has 0 aromatic heterocycles. The number of nitrogens with one attached hydrogen (secondary N) is 1. The summed E-state index contributed by atoms with van der Waals surface area (Å²) in [5.41, 5.74) is 5.45. The molecule has 136 valence electrons. The van der Waals surface area contributed by atoms with Gasteiger partial charge in [0.15, 0.2) is 0 Å². The van der Waals surface area contributed by atoms with Crippen molar-refractivity contribution in [3.63, 3.8) is 0 Å². The average Bonchev–Trinajstić information content (AvgIpc) is 3.11. The third kappa shape index (κ3) is 4.95. The van der Waals surface area contributed by atoms with Crippen LogP contribution >= 0.6 is 0 Å².